The highest BCUT2D eigenvalue weighted by Crippen LogP contribution is 2.23. The number of halogens is 1. The molecule has 4 rings (SSSR count). The summed E-state index contributed by atoms with van der Waals surface area (Å²) in [7, 11) is 0. The van der Waals surface area contributed by atoms with Gasteiger partial charge in [0.1, 0.15) is 5.82 Å². The molecule has 5 nitrogen and oxygen atoms in total. The highest BCUT2D eigenvalue weighted by Gasteiger charge is 2.15. The molecule has 2 aromatic heterocycles. The second-order valence-electron chi connectivity index (χ2n) is 5.67. The Balaban J connectivity index is 1.66. The Morgan fingerprint density at radius 2 is 1.87 bits per heavy atom. The third kappa shape index (κ3) is 3.02. The first-order chi connectivity index (χ1) is 11.3. The first-order valence-corrected chi connectivity index (χ1v) is 8.12. The van der Waals surface area contributed by atoms with Crippen molar-refractivity contribution in [2.45, 2.75) is 18.9 Å². The van der Waals surface area contributed by atoms with E-state index in [9.17, 15) is 0 Å². The highest BCUT2D eigenvalue weighted by molar-refractivity contribution is 6.30. The van der Waals surface area contributed by atoms with E-state index in [-0.39, 0.29) is 0 Å². The minimum atomic E-state index is 0.413. The zero-order valence-corrected chi connectivity index (χ0v) is 13.3. The molecule has 0 aliphatic carbocycles. The van der Waals surface area contributed by atoms with Crippen molar-refractivity contribution in [1.29, 1.82) is 0 Å². The summed E-state index contributed by atoms with van der Waals surface area (Å²) in [4.78, 5) is 4.43. The van der Waals surface area contributed by atoms with Crippen LogP contribution in [0.4, 0.5) is 5.82 Å². The summed E-state index contributed by atoms with van der Waals surface area (Å²) in [6, 6.07) is 12.1. The molecule has 6 heteroatoms. The molecule has 3 heterocycles. The first kappa shape index (κ1) is 14.5. The lowest BCUT2D eigenvalue weighted by atomic mass is 10.1. The molecule has 0 unspecified atom stereocenters. The number of hydrogen-bond acceptors (Lipinski definition) is 4. The van der Waals surface area contributed by atoms with Crippen LogP contribution in [-0.4, -0.2) is 33.9 Å². The molecule has 1 aromatic carbocycles. The van der Waals surface area contributed by atoms with Crippen LogP contribution in [0.3, 0.4) is 0 Å². The Bertz CT molecular complexity index is 809. The number of fused-ring (bicyclic) bond motifs is 1. The van der Waals surface area contributed by atoms with Gasteiger partial charge in [0.2, 0.25) is 0 Å². The predicted octanol–water partition coefficient (Wildman–Crippen LogP) is 3.64. The van der Waals surface area contributed by atoms with E-state index in [2.05, 4.69) is 10.3 Å². The van der Waals surface area contributed by atoms with E-state index in [1.807, 2.05) is 47.1 Å². The maximum Gasteiger partial charge on any atom is 0.154 e. The molecule has 1 fully saturated rings. The monoisotopic (exact) mass is 328 g/mol. The molecule has 0 radical (unpaired) electrons. The Hall–Kier alpha value is -2.11. The zero-order chi connectivity index (χ0) is 15.6. The topological polar surface area (TPSA) is 51.5 Å². The summed E-state index contributed by atoms with van der Waals surface area (Å²) in [5.74, 6) is 0.859. The van der Waals surface area contributed by atoms with Crippen LogP contribution in [0.25, 0.3) is 16.9 Å². The maximum absolute atomic E-state index is 5.97. The van der Waals surface area contributed by atoms with E-state index >= 15 is 0 Å². The molecule has 3 aromatic rings. The summed E-state index contributed by atoms with van der Waals surface area (Å²) >= 11 is 5.97. The molecule has 0 spiro atoms. The van der Waals surface area contributed by atoms with E-state index < -0.39 is 0 Å². The van der Waals surface area contributed by atoms with Crippen LogP contribution in [-0.2, 0) is 4.74 Å². The van der Waals surface area contributed by atoms with Crippen LogP contribution < -0.4 is 5.32 Å². The first-order valence-electron chi connectivity index (χ1n) is 7.74. The summed E-state index contributed by atoms with van der Waals surface area (Å²) in [6.45, 7) is 1.61. The van der Waals surface area contributed by atoms with Crippen LogP contribution in [0.15, 0.2) is 42.6 Å². The molecule has 1 N–H and O–H groups in total. The summed E-state index contributed by atoms with van der Waals surface area (Å²) in [6.07, 6.45) is 3.85. The molecule has 0 atom stereocenters. The van der Waals surface area contributed by atoms with Crippen molar-refractivity contribution >= 4 is 23.1 Å². The fourth-order valence-electron chi connectivity index (χ4n) is 2.82. The quantitative estimate of drug-likeness (QED) is 0.797. The highest BCUT2D eigenvalue weighted by atomic mass is 35.5. The van der Waals surface area contributed by atoms with Crippen molar-refractivity contribution in [2.75, 3.05) is 18.5 Å². The van der Waals surface area contributed by atoms with Crippen LogP contribution >= 0.6 is 11.6 Å². The van der Waals surface area contributed by atoms with Gasteiger partial charge in [-0.05, 0) is 37.1 Å². The van der Waals surface area contributed by atoms with Crippen LogP contribution in [0.1, 0.15) is 12.8 Å². The van der Waals surface area contributed by atoms with Crippen molar-refractivity contribution in [3.63, 3.8) is 0 Å². The van der Waals surface area contributed by atoms with E-state index in [0.717, 1.165) is 53.8 Å². The van der Waals surface area contributed by atoms with Crippen molar-refractivity contribution < 1.29 is 4.74 Å². The van der Waals surface area contributed by atoms with E-state index in [1.54, 1.807) is 0 Å². The molecule has 0 saturated carbocycles. The third-order valence-electron chi connectivity index (χ3n) is 4.08. The molecule has 1 aliphatic rings. The third-order valence-corrected chi connectivity index (χ3v) is 4.33. The van der Waals surface area contributed by atoms with Crippen LogP contribution in [0.5, 0.6) is 0 Å². The predicted molar refractivity (Wildman–Crippen MR) is 90.9 cm³/mol. The van der Waals surface area contributed by atoms with Gasteiger partial charge in [-0.15, -0.1) is 5.10 Å². The molecule has 118 valence electrons. The number of nitrogens with zero attached hydrogens (tertiary/aromatic N) is 3. The van der Waals surface area contributed by atoms with E-state index in [4.69, 9.17) is 21.4 Å². The Kier molecular flexibility index (Phi) is 3.89. The molecular weight excluding hydrogens is 312 g/mol. The summed E-state index contributed by atoms with van der Waals surface area (Å²) in [5.41, 5.74) is 2.82. The number of anilines is 1. The van der Waals surface area contributed by atoms with Crippen molar-refractivity contribution in [3.8, 4) is 11.3 Å². The van der Waals surface area contributed by atoms with Crippen molar-refractivity contribution in [1.82, 2.24) is 14.6 Å². The number of rotatable bonds is 3. The van der Waals surface area contributed by atoms with Crippen molar-refractivity contribution in [2.24, 2.45) is 0 Å². The van der Waals surface area contributed by atoms with Crippen LogP contribution in [0, 0.1) is 0 Å². The zero-order valence-electron chi connectivity index (χ0n) is 12.6. The van der Waals surface area contributed by atoms with Gasteiger partial charge in [0, 0.05) is 29.8 Å². The molecule has 23 heavy (non-hydrogen) atoms. The summed E-state index contributed by atoms with van der Waals surface area (Å²) in [5, 5.41) is 8.91. The average Bonchev–Trinajstić information content (AvgIpc) is 3.00. The Labute approximate surface area is 139 Å². The molecule has 0 bridgehead atoms. The minimum Gasteiger partial charge on any atom is -0.381 e. The van der Waals surface area contributed by atoms with Gasteiger partial charge in [0.25, 0.3) is 0 Å². The number of imidazole rings is 1. The second-order valence-corrected chi connectivity index (χ2v) is 6.11. The average molecular weight is 329 g/mol. The molecule has 1 saturated heterocycles. The SMILES string of the molecule is Clc1ccc(-c2cnc3ccc(NC4CCOCC4)nn23)cc1. The smallest absolute Gasteiger partial charge is 0.154 e. The summed E-state index contributed by atoms with van der Waals surface area (Å²) < 4.78 is 7.26. The lowest BCUT2D eigenvalue weighted by Gasteiger charge is -2.23. The van der Waals surface area contributed by atoms with Gasteiger partial charge in [-0.2, -0.15) is 0 Å². The lowest BCUT2D eigenvalue weighted by Crippen LogP contribution is -2.28. The molecular formula is C17H17ClN4O. The van der Waals surface area contributed by atoms with Gasteiger partial charge in [0.05, 0.1) is 11.9 Å². The normalized spacial score (nSPS) is 15.9. The van der Waals surface area contributed by atoms with E-state index in [0.29, 0.717) is 6.04 Å². The second kappa shape index (κ2) is 6.18. The Morgan fingerprint density at radius 1 is 1.09 bits per heavy atom. The number of aromatic nitrogens is 3. The number of benzene rings is 1. The largest absolute Gasteiger partial charge is 0.381 e. The molecule has 0 amide bonds. The minimum absolute atomic E-state index is 0.413. The van der Waals surface area contributed by atoms with Gasteiger partial charge < -0.3 is 10.1 Å². The van der Waals surface area contributed by atoms with Gasteiger partial charge >= 0.3 is 0 Å². The fourth-order valence-corrected chi connectivity index (χ4v) is 2.94. The Morgan fingerprint density at radius 3 is 2.65 bits per heavy atom. The van der Waals surface area contributed by atoms with Gasteiger partial charge in [0.15, 0.2) is 5.65 Å². The van der Waals surface area contributed by atoms with Gasteiger partial charge in [-0.3, -0.25) is 0 Å². The standard InChI is InChI=1S/C17H17ClN4O/c18-13-3-1-12(2-4-13)15-11-19-17-6-5-16(21-22(15)17)20-14-7-9-23-10-8-14/h1-6,11,14H,7-10H2,(H,20,21). The van der Waals surface area contributed by atoms with Crippen LogP contribution in [0.2, 0.25) is 5.02 Å². The maximum atomic E-state index is 5.97. The lowest BCUT2D eigenvalue weighted by molar-refractivity contribution is 0.0903. The fraction of sp³-hybridized carbons (Fsp3) is 0.294. The van der Waals surface area contributed by atoms with E-state index in [1.165, 1.54) is 0 Å². The van der Waals surface area contributed by atoms with Gasteiger partial charge in [-0.1, -0.05) is 23.7 Å². The van der Waals surface area contributed by atoms with Crippen molar-refractivity contribution in [3.05, 3.63) is 47.6 Å². The van der Waals surface area contributed by atoms with Gasteiger partial charge in [-0.25, -0.2) is 9.50 Å². The number of hydrogen-bond donors (Lipinski definition) is 1. The number of nitrogens with one attached hydrogen (secondary N) is 1. The molecule has 1 aliphatic heterocycles. The number of ether oxygens (including phenoxy) is 1.